The van der Waals surface area contributed by atoms with E-state index >= 15 is 0 Å². The number of fused-ring (bicyclic) bond motifs is 6. The zero-order valence-electron chi connectivity index (χ0n) is 33.4. The molecule has 0 aromatic heterocycles. The van der Waals surface area contributed by atoms with Crippen molar-refractivity contribution in [3.63, 3.8) is 0 Å². The molecular weight excluding hydrogens is 741 g/mol. The normalized spacial score (nSPS) is 15.6. The maximum Gasteiger partial charge on any atom is 0.267 e. The van der Waals surface area contributed by atoms with E-state index < -0.39 is 0 Å². The quantitative estimate of drug-likeness (QED) is 0.150. The second-order valence-electron chi connectivity index (χ2n) is 16.0. The fraction of sp³-hybridized carbons (Fsp3) is 0.0357. The van der Waals surface area contributed by atoms with E-state index in [0.717, 1.165) is 45.6 Å². The molecule has 0 fully saturated rings. The summed E-state index contributed by atoms with van der Waals surface area (Å²) < 4.78 is 7.29. The summed E-state index contributed by atoms with van der Waals surface area (Å²) in [6, 6.07) is 83.1. The zero-order valence-corrected chi connectivity index (χ0v) is 33.4. The monoisotopic (exact) mass is 781 g/mol. The van der Waals surface area contributed by atoms with E-state index in [0.29, 0.717) is 0 Å². The van der Waals surface area contributed by atoms with E-state index in [9.17, 15) is 0 Å². The Balaban J connectivity index is 1.11. The molecule has 2 unspecified atom stereocenters. The lowest BCUT2D eigenvalue weighted by Crippen LogP contribution is -2.65. The molecule has 0 bridgehead atoms. The molecule has 0 saturated heterocycles. The minimum absolute atomic E-state index is 0.0448. The highest BCUT2D eigenvalue weighted by Gasteiger charge is 2.55. The zero-order chi connectivity index (χ0) is 40.3. The van der Waals surface area contributed by atoms with Crippen LogP contribution in [0.1, 0.15) is 11.6 Å². The molecule has 0 aliphatic carbocycles. The van der Waals surface area contributed by atoms with Gasteiger partial charge in [-0.1, -0.05) is 146 Å². The second kappa shape index (κ2) is 14.5. The first-order chi connectivity index (χ1) is 30.3. The molecule has 3 aliphatic rings. The summed E-state index contributed by atoms with van der Waals surface area (Å²) in [6.45, 7) is -0.0448. The summed E-state index contributed by atoms with van der Waals surface area (Å²) in [6.07, 6.45) is 0. The molecule has 3 heterocycles. The van der Waals surface area contributed by atoms with Gasteiger partial charge >= 0.3 is 0 Å². The number of rotatable bonds is 7. The van der Waals surface area contributed by atoms with Crippen molar-refractivity contribution in [3.8, 4) is 28.0 Å². The van der Waals surface area contributed by atoms with Crippen LogP contribution in [-0.2, 0) is 0 Å². The Bertz CT molecular complexity index is 2940. The van der Waals surface area contributed by atoms with Gasteiger partial charge in [0.1, 0.15) is 11.8 Å². The van der Waals surface area contributed by atoms with Crippen molar-refractivity contribution in [1.82, 2.24) is 0 Å². The third-order valence-corrected chi connectivity index (χ3v) is 12.6. The van der Waals surface area contributed by atoms with E-state index in [2.05, 4.69) is 245 Å². The number of anilines is 8. The maximum atomic E-state index is 7.29. The smallest absolute Gasteiger partial charge is 0.267 e. The molecule has 0 spiro atoms. The number of ether oxygens (including phenoxy) is 1. The van der Waals surface area contributed by atoms with Crippen LogP contribution < -0.4 is 30.4 Å². The van der Waals surface area contributed by atoms with Crippen LogP contribution in [0.2, 0.25) is 0 Å². The summed E-state index contributed by atoms with van der Waals surface area (Å²) in [7, 11) is 0. The molecule has 0 N–H and O–H groups in total. The molecule has 61 heavy (non-hydrogen) atoms. The predicted octanol–water partition coefficient (Wildman–Crippen LogP) is 13.1. The van der Waals surface area contributed by atoms with Gasteiger partial charge in [0.2, 0.25) is 0 Å². The van der Waals surface area contributed by atoms with E-state index in [1.54, 1.807) is 0 Å². The molecule has 12 rings (SSSR count). The summed E-state index contributed by atoms with van der Waals surface area (Å²) in [4.78, 5) is 7.41. The lowest BCUT2D eigenvalue weighted by molar-refractivity contribution is 0.282. The van der Waals surface area contributed by atoms with E-state index in [-0.39, 0.29) is 18.8 Å². The van der Waals surface area contributed by atoms with Crippen molar-refractivity contribution in [2.75, 3.05) is 14.7 Å². The third-order valence-electron chi connectivity index (χ3n) is 12.6. The first kappa shape index (κ1) is 35.2. The highest BCUT2D eigenvalue weighted by molar-refractivity contribution is 6.91. The summed E-state index contributed by atoms with van der Waals surface area (Å²) in [5, 5.41) is 0. The average Bonchev–Trinajstić information content (AvgIpc) is 3.72. The van der Waals surface area contributed by atoms with Gasteiger partial charge in [0.25, 0.3) is 6.71 Å². The molecular formula is C56H40BN3O. The first-order valence-electron chi connectivity index (χ1n) is 21.1. The van der Waals surface area contributed by atoms with Crippen molar-refractivity contribution < 1.29 is 4.74 Å². The number of para-hydroxylation sites is 4. The fourth-order valence-corrected chi connectivity index (χ4v) is 10.0. The number of hydrogen-bond donors (Lipinski definition) is 0. The van der Waals surface area contributed by atoms with E-state index in [1.165, 1.54) is 44.4 Å². The lowest BCUT2D eigenvalue weighted by Gasteiger charge is -2.48. The third kappa shape index (κ3) is 5.84. The molecule has 2 atom stereocenters. The molecule has 4 nitrogen and oxygen atoms in total. The van der Waals surface area contributed by atoms with Gasteiger partial charge in [0.15, 0.2) is 0 Å². The van der Waals surface area contributed by atoms with Crippen molar-refractivity contribution >= 4 is 63.1 Å². The Morgan fingerprint density at radius 2 is 0.967 bits per heavy atom. The van der Waals surface area contributed by atoms with E-state index in [1.807, 2.05) is 0 Å². The highest BCUT2D eigenvalue weighted by atomic mass is 16.5. The van der Waals surface area contributed by atoms with Crippen LogP contribution in [0.25, 0.3) is 22.3 Å². The Morgan fingerprint density at radius 3 is 1.61 bits per heavy atom. The molecule has 3 aliphatic heterocycles. The number of hydrogen-bond acceptors (Lipinski definition) is 4. The second-order valence-corrected chi connectivity index (χ2v) is 16.0. The molecule has 0 radical (unpaired) electrons. The summed E-state index contributed by atoms with van der Waals surface area (Å²) >= 11 is 0. The SMILES string of the molecule is c1ccc(-c2cc(-c3ccccc3)cc(N3c4cccc5c4B(c4ccc(N(c6ccccc6)c6ccccc6)cc4N5c4ccccc4)C4Oc5ccccc5C43)c2)cc1. The summed E-state index contributed by atoms with van der Waals surface area (Å²) in [5.41, 5.74) is 17.5. The van der Waals surface area contributed by atoms with E-state index in [4.69, 9.17) is 4.74 Å². The molecule has 9 aromatic carbocycles. The van der Waals surface area contributed by atoms with Gasteiger partial charge in [-0.05, 0) is 118 Å². The van der Waals surface area contributed by atoms with Crippen LogP contribution in [0.4, 0.5) is 45.5 Å². The van der Waals surface area contributed by atoms with Crippen LogP contribution >= 0.6 is 0 Å². The molecule has 0 saturated carbocycles. The minimum atomic E-state index is -0.200. The standard InChI is InChI=1S/C56H40BN3O/c1-6-19-39(20-7-1)41-35-42(40-21-8-2-9-22-40)37-47(36-41)60-51-31-18-30-50-54(51)57(56-55(60)48-29-16-17-32-53(48)61-56)49-34-33-46(38-52(49)59(50)45-27-14-5-15-28-45)58(43-23-10-3-11-24-43)44-25-12-4-13-26-44/h1-38,55-56H. The first-order valence-corrected chi connectivity index (χ1v) is 21.1. The fourth-order valence-electron chi connectivity index (χ4n) is 10.0. The topological polar surface area (TPSA) is 19.0 Å². The Labute approximate surface area is 357 Å². The molecule has 9 aromatic rings. The van der Waals surface area contributed by atoms with Gasteiger partial charge in [0, 0.05) is 51.1 Å². The number of benzene rings is 9. The Morgan fingerprint density at radius 1 is 0.410 bits per heavy atom. The molecule has 0 amide bonds. The van der Waals surface area contributed by atoms with Crippen LogP contribution in [0, 0.1) is 0 Å². The van der Waals surface area contributed by atoms with Crippen LogP contribution in [0.5, 0.6) is 5.75 Å². The van der Waals surface area contributed by atoms with Gasteiger partial charge < -0.3 is 19.4 Å². The molecule has 5 heteroatoms. The van der Waals surface area contributed by atoms with Crippen molar-refractivity contribution in [3.05, 3.63) is 236 Å². The maximum absolute atomic E-state index is 7.29. The molecule has 288 valence electrons. The van der Waals surface area contributed by atoms with Gasteiger partial charge in [0.05, 0.1) is 6.04 Å². The minimum Gasteiger partial charge on any atom is -0.495 e. The highest BCUT2D eigenvalue weighted by Crippen LogP contribution is 2.53. The van der Waals surface area contributed by atoms with Crippen LogP contribution in [0.3, 0.4) is 0 Å². The van der Waals surface area contributed by atoms with Gasteiger partial charge in [-0.2, -0.15) is 0 Å². The van der Waals surface area contributed by atoms with Gasteiger partial charge in [-0.25, -0.2) is 0 Å². The predicted molar refractivity (Wildman–Crippen MR) is 254 cm³/mol. The van der Waals surface area contributed by atoms with Gasteiger partial charge in [-0.3, -0.25) is 0 Å². The number of nitrogens with zero attached hydrogens (tertiary/aromatic N) is 3. The van der Waals surface area contributed by atoms with Gasteiger partial charge in [-0.15, -0.1) is 0 Å². The van der Waals surface area contributed by atoms with Crippen LogP contribution in [-0.4, -0.2) is 12.7 Å². The van der Waals surface area contributed by atoms with Crippen molar-refractivity contribution in [2.45, 2.75) is 12.0 Å². The van der Waals surface area contributed by atoms with Crippen molar-refractivity contribution in [2.24, 2.45) is 0 Å². The average molecular weight is 782 g/mol. The lowest BCUT2D eigenvalue weighted by atomic mass is 9.32. The Kier molecular flexibility index (Phi) is 8.37. The van der Waals surface area contributed by atoms with Crippen molar-refractivity contribution in [1.29, 1.82) is 0 Å². The summed E-state index contributed by atoms with van der Waals surface area (Å²) in [5.74, 6) is 0.947. The Hall–Kier alpha value is -7.76. The largest absolute Gasteiger partial charge is 0.495 e. The van der Waals surface area contributed by atoms with Crippen LogP contribution in [0.15, 0.2) is 231 Å².